The minimum absolute atomic E-state index is 0.935. The number of benzene rings is 1. The Kier molecular flexibility index (Phi) is 7.48. The van der Waals surface area contributed by atoms with E-state index in [1.54, 1.807) is 0 Å². The van der Waals surface area contributed by atoms with Gasteiger partial charge in [-0.05, 0) is 42.5 Å². The van der Waals surface area contributed by atoms with E-state index in [2.05, 4.69) is 53.4 Å². The maximum atomic E-state index is 3.82. The van der Waals surface area contributed by atoms with E-state index in [0.29, 0.717) is 0 Å². The fourth-order valence-corrected chi connectivity index (χ4v) is 2.17. The van der Waals surface area contributed by atoms with Gasteiger partial charge in [0.05, 0.1) is 0 Å². The maximum Gasteiger partial charge on any atom is 0.0253 e. The van der Waals surface area contributed by atoms with Crippen LogP contribution in [0, 0.1) is 0 Å². The molecule has 0 aliphatic carbocycles. The summed E-state index contributed by atoms with van der Waals surface area (Å²) in [6.07, 6.45) is 9.88. The van der Waals surface area contributed by atoms with E-state index in [4.69, 9.17) is 0 Å². The first-order chi connectivity index (χ1) is 8.77. The number of rotatable bonds is 7. The molecular formula is C17H21Br. The zero-order valence-electron chi connectivity index (χ0n) is 11.1. The molecule has 1 aromatic carbocycles. The first kappa shape index (κ1) is 15.0. The first-order valence-electron chi connectivity index (χ1n) is 6.57. The van der Waals surface area contributed by atoms with Crippen LogP contribution in [0.15, 0.2) is 52.7 Å². The van der Waals surface area contributed by atoms with Crippen LogP contribution in [-0.2, 0) is 0 Å². The summed E-state index contributed by atoms with van der Waals surface area (Å²) >= 11 is 3.55. The predicted octanol–water partition coefficient (Wildman–Crippen LogP) is 6.14. The topological polar surface area (TPSA) is 0 Å². The Labute approximate surface area is 119 Å². The van der Waals surface area contributed by atoms with E-state index in [1.165, 1.54) is 30.4 Å². The van der Waals surface area contributed by atoms with Crippen molar-refractivity contribution in [2.24, 2.45) is 0 Å². The van der Waals surface area contributed by atoms with Crippen molar-refractivity contribution in [3.8, 4) is 0 Å². The third-order valence-electron chi connectivity index (χ3n) is 2.81. The second-order valence-electron chi connectivity index (χ2n) is 4.36. The summed E-state index contributed by atoms with van der Waals surface area (Å²) in [6, 6.07) is 8.21. The number of halogens is 1. The van der Waals surface area contributed by atoms with Crippen molar-refractivity contribution in [2.75, 3.05) is 0 Å². The van der Waals surface area contributed by atoms with Crippen molar-refractivity contribution < 1.29 is 0 Å². The second kappa shape index (κ2) is 8.97. The standard InChI is InChI=1S/C17H21Br/c1-3-5-6-10-15(9-4-2)13-14-16-11-7-8-12-17(16)18/h4,7-8,11-12,14H,2-3,5-6,9-10H2,1H3. The highest BCUT2D eigenvalue weighted by Crippen LogP contribution is 2.18. The molecule has 1 heteroatoms. The van der Waals surface area contributed by atoms with Gasteiger partial charge >= 0.3 is 0 Å². The zero-order chi connectivity index (χ0) is 13.2. The zero-order valence-corrected chi connectivity index (χ0v) is 12.7. The van der Waals surface area contributed by atoms with E-state index in [1.807, 2.05) is 18.2 Å². The van der Waals surface area contributed by atoms with Crippen LogP contribution < -0.4 is 0 Å². The van der Waals surface area contributed by atoms with Crippen molar-refractivity contribution in [2.45, 2.75) is 39.0 Å². The van der Waals surface area contributed by atoms with Gasteiger partial charge in [0.1, 0.15) is 0 Å². The Hall–Kier alpha value is -1.04. The predicted molar refractivity (Wildman–Crippen MR) is 84.6 cm³/mol. The molecule has 0 saturated heterocycles. The number of hydrogen-bond donors (Lipinski definition) is 0. The third kappa shape index (κ3) is 5.53. The van der Waals surface area contributed by atoms with Crippen molar-refractivity contribution >= 4 is 22.0 Å². The lowest BCUT2D eigenvalue weighted by Crippen LogP contribution is -1.81. The van der Waals surface area contributed by atoms with E-state index in [0.717, 1.165) is 17.3 Å². The van der Waals surface area contributed by atoms with Crippen LogP contribution in [-0.4, -0.2) is 0 Å². The van der Waals surface area contributed by atoms with Gasteiger partial charge in [0.15, 0.2) is 0 Å². The Balaban J connectivity index is 2.80. The van der Waals surface area contributed by atoms with Crippen molar-refractivity contribution in [3.05, 3.63) is 58.3 Å². The molecule has 0 spiro atoms. The largest absolute Gasteiger partial charge is 0.121 e. The SMILES string of the molecule is C=CCC(=C=Cc1ccccc1Br)CCCCC. The molecule has 0 radical (unpaired) electrons. The maximum absolute atomic E-state index is 3.82. The van der Waals surface area contributed by atoms with Gasteiger partial charge in [0.2, 0.25) is 0 Å². The van der Waals surface area contributed by atoms with Crippen LogP contribution in [0.4, 0.5) is 0 Å². The van der Waals surface area contributed by atoms with Gasteiger partial charge in [-0.25, -0.2) is 0 Å². The van der Waals surface area contributed by atoms with Crippen molar-refractivity contribution in [1.29, 1.82) is 0 Å². The summed E-state index contributed by atoms with van der Waals surface area (Å²) in [6.45, 7) is 6.05. The summed E-state index contributed by atoms with van der Waals surface area (Å²) in [5, 5.41) is 0. The van der Waals surface area contributed by atoms with E-state index >= 15 is 0 Å². The highest BCUT2D eigenvalue weighted by Gasteiger charge is 1.95. The molecule has 0 aliphatic heterocycles. The fourth-order valence-electron chi connectivity index (χ4n) is 1.77. The Morgan fingerprint density at radius 3 is 2.78 bits per heavy atom. The molecule has 96 valence electrons. The Bertz CT molecular complexity index is 437. The molecule has 0 fully saturated rings. The molecule has 0 unspecified atom stereocenters. The molecule has 0 amide bonds. The molecule has 0 atom stereocenters. The molecule has 1 rings (SSSR count). The Morgan fingerprint density at radius 1 is 1.33 bits per heavy atom. The van der Waals surface area contributed by atoms with Crippen LogP contribution in [0.1, 0.15) is 44.6 Å². The van der Waals surface area contributed by atoms with Crippen molar-refractivity contribution in [1.82, 2.24) is 0 Å². The smallest absolute Gasteiger partial charge is 0.0253 e. The highest BCUT2D eigenvalue weighted by atomic mass is 79.9. The normalized spacial score (nSPS) is 9.67. The summed E-state index contributed by atoms with van der Waals surface area (Å²) in [5.41, 5.74) is 5.94. The van der Waals surface area contributed by atoms with Crippen LogP contribution in [0.5, 0.6) is 0 Å². The Morgan fingerprint density at radius 2 is 2.11 bits per heavy atom. The summed E-state index contributed by atoms with van der Waals surface area (Å²) in [5.74, 6) is 0. The van der Waals surface area contributed by atoms with E-state index in [-0.39, 0.29) is 0 Å². The average Bonchev–Trinajstić information content (AvgIpc) is 2.38. The van der Waals surface area contributed by atoms with Gasteiger partial charge in [-0.3, -0.25) is 0 Å². The lowest BCUT2D eigenvalue weighted by atomic mass is 10.0. The van der Waals surface area contributed by atoms with Crippen LogP contribution in [0.25, 0.3) is 6.08 Å². The van der Waals surface area contributed by atoms with Crippen LogP contribution in [0.3, 0.4) is 0 Å². The van der Waals surface area contributed by atoms with Gasteiger partial charge in [-0.15, -0.1) is 12.3 Å². The number of hydrogen-bond acceptors (Lipinski definition) is 0. The first-order valence-corrected chi connectivity index (χ1v) is 7.37. The monoisotopic (exact) mass is 304 g/mol. The highest BCUT2D eigenvalue weighted by molar-refractivity contribution is 9.10. The van der Waals surface area contributed by atoms with Crippen LogP contribution >= 0.6 is 15.9 Å². The molecule has 0 saturated carbocycles. The lowest BCUT2D eigenvalue weighted by molar-refractivity contribution is 0.708. The third-order valence-corrected chi connectivity index (χ3v) is 3.53. The molecule has 0 aliphatic rings. The molecule has 1 aromatic rings. The van der Waals surface area contributed by atoms with Gasteiger partial charge in [0.25, 0.3) is 0 Å². The van der Waals surface area contributed by atoms with Crippen molar-refractivity contribution in [3.63, 3.8) is 0 Å². The lowest BCUT2D eigenvalue weighted by Gasteiger charge is -2.01. The van der Waals surface area contributed by atoms with Crippen LogP contribution in [0.2, 0.25) is 0 Å². The summed E-state index contributed by atoms with van der Waals surface area (Å²) < 4.78 is 1.11. The molecule has 0 nitrogen and oxygen atoms in total. The molecule has 0 aromatic heterocycles. The minimum atomic E-state index is 0.935. The van der Waals surface area contributed by atoms with Gasteiger partial charge in [0, 0.05) is 4.47 Å². The fraction of sp³-hybridized carbons (Fsp3) is 0.353. The summed E-state index contributed by atoms with van der Waals surface area (Å²) in [4.78, 5) is 0. The van der Waals surface area contributed by atoms with Gasteiger partial charge in [-0.1, -0.05) is 60.0 Å². The van der Waals surface area contributed by atoms with E-state index in [9.17, 15) is 0 Å². The molecule has 0 heterocycles. The van der Waals surface area contributed by atoms with E-state index < -0.39 is 0 Å². The second-order valence-corrected chi connectivity index (χ2v) is 5.22. The minimum Gasteiger partial charge on any atom is -0.121 e. The average molecular weight is 305 g/mol. The molecule has 0 bridgehead atoms. The molecular weight excluding hydrogens is 284 g/mol. The molecule has 18 heavy (non-hydrogen) atoms. The number of allylic oxidation sites excluding steroid dienone is 2. The number of unbranched alkanes of at least 4 members (excludes halogenated alkanes) is 2. The molecule has 0 N–H and O–H groups in total. The van der Waals surface area contributed by atoms with Gasteiger partial charge < -0.3 is 0 Å². The van der Waals surface area contributed by atoms with Gasteiger partial charge in [-0.2, -0.15) is 0 Å². The summed E-state index contributed by atoms with van der Waals surface area (Å²) in [7, 11) is 0. The quantitative estimate of drug-likeness (QED) is 0.322.